The number of allylic oxidation sites excluding steroid dienone is 8. The Bertz CT molecular complexity index is 1790. The molecule has 0 rings (SSSR count). The molecule has 0 saturated heterocycles. The summed E-state index contributed by atoms with van der Waals surface area (Å²) in [6, 6.07) is 0. The predicted octanol–water partition coefficient (Wildman–Crippen LogP) is 19.2. The van der Waals surface area contributed by atoms with Crippen LogP contribution in [0.15, 0.2) is 48.6 Å². The molecular formula is C69H128O16P2. The molecule has 0 spiro atoms. The zero-order valence-electron chi connectivity index (χ0n) is 55.2. The minimum absolute atomic E-state index is 0.113. The topological polar surface area (TPSA) is 231 Å². The minimum atomic E-state index is -4.91. The van der Waals surface area contributed by atoms with Crippen molar-refractivity contribution in [1.82, 2.24) is 0 Å². The molecule has 0 aliphatic rings. The molecule has 0 heterocycles. The number of phosphoric ester groups is 2. The number of carbonyl (C=O) groups is 3. The molecule has 0 amide bonds. The van der Waals surface area contributed by atoms with Gasteiger partial charge in [0.1, 0.15) is 25.4 Å². The van der Waals surface area contributed by atoms with Crippen molar-refractivity contribution >= 4 is 33.6 Å². The fraction of sp³-hybridized carbons (Fsp3) is 0.841. The Kier molecular flexibility index (Phi) is 61.8. The third-order valence-corrected chi connectivity index (χ3v) is 17.0. The van der Waals surface area contributed by atoms with Crippen molar-refractivity contribution < 1.29 is 75.8 Å². The molecule has 5 atom stereocenters. The van der Waals surface area contributed by atoms with Crippen LogP contribution in [0.1, 0.15) is 316 Å². The van der Waals surface area contributed by atoms with Crippen LogP contribution in [0.3, 0.4) is 0 Å². The lowest BCUT2D eigenvalue weighted by Crippen LogP contribution is -2.30. The first-order valence-electron chi connectivity index (χ1n) is 34.9. The average Bonchev–Trinajstić information content (AvgIpc) is 3.63. The maximum absolute atomic E-state index is 12.9. The van der Waals surface area contributed by atoms with Gasteiger partial charge >= 0.3 is 33.6 Å². The van der Waals surface area contributed by atoms with E-state index in [9.17, 15) is 43.5 Å². The molecule has 0 radical (unpaired) electrons. The third-order valence-electron chi connectivity index (χ3n) is 15.1. The highest BCUT2D eigenvalue weighted by Crippen LogP contribution is 2.45. The molecule has 16 nitrogen and oxygen atoms in total. The number of aliphatic hydroxyl groups is 2. The van der Waals surface area contributed by atoms with Crippen LogP contribution < -0.4 is 0 Å². The minimum Gasteiger partial charge on any atom is -0.463 e. The van der Waals surface area contributed by atoms with E-state index in [0.717, 1.165) is 109 Å². The highest BCUT2D eigenvalue weighted by atomic mass is 31.2. The van der Waals surface area contributed by atoms with E-state index < -0.39 is 91.5 Å². The van der Waals surface area contributed by atoms with Gasteiger partial charge in [0, 0.05) is 19.3 Å². The van der Waals surface area contributed by atoms with Crippen molar-refractivity contribution in [3.63, 3.8) is 0 Å². The Hall–Kier alpha value is -2.49. The van der Waals surface area contributed by atoms with Gasteiger partial charge in [0.25, 0.3) is 0 Å². The second-order valence-electron chi connectivity index (χ2n) is 23.7. The quantitative estimate of drug-likeness (QED) is 0.0146. The molecule has 4 N–H and O–H groups in total. The van der Waals surface area contributed by atoms with Gasteiger partial charge < -0.3 is 34.2 Å². The SMILES string of the molecule is CCCCC/C=C\C/C=C\C/C=C\C/C=C\CCCCCCCCCC(=O)OCC(O)COP(=O)(O)OCC(O)COP(=O)(O)OCC(COC(=O)CCCCCCCCCCCCCCCCC)OC(=O)CCCCCCCCCCCCCCC. The van der Waals surface area contributed by atoms with Crippen LogP contribution in [0.25, 0.3) is 0 Å². The summed E-state index contributed by atoms with van der Waals surface area (Å²) >= 11 is 0. The number of aliphatic hydroxyl groups excluding tert-OH is 2. The van der Waals surface area contributed by atoms with Crippen LogP contribution >= 0.6 is 15.6 Å². The van der Waals surface area contributed by atoms with E-state index in [-0.39, 0.29) is 19.3 Å². The van der Waals surface area contributed by atoms with Crippen LogP contribution in [0, 0.1) is 0 Å². The highest BCUT2D eigenvalue weighted by Gasteiger charge is 2.29. The van der Waals surface area contributed by atoms with Gasteiger partial charge in [-0.05, 0) is 64.2 Å². The summed E-state index contributed by atoms with van der Waals surface area (Å²) in [6.07, 6.45) is 63.0. The molecule has 0 bridgehead atoms. The van der Waals surface area contributed by atoms with Gasteiger partial charge in [-0.15, -0.1) is 0 Å². The number of hydrogen-bond acceptors (Lipinski definition) is 14. The molecule has 0 aliphatic heterocycles. The van der Waals surface area contributed by atoms with Gasteiger partial charge in [0.05, 0.1) is 26.4 Å². The van der Waals surface area contributed by atoms with Crippen LogP contribution in [-0.2, 0) is 55.8 Å². The van der Waals surface area contributed by atoms with Crippen LogP contribution in [0.2, 0.25) is 0 Å². The standard InChI is InChI=1S/C69H128O16P2/c1-4-7-10-13-16-19-22-25-27-28-29-30-31-32-33-34-36-39-40-43-46-49-52-55-67(72)79-58-64(70)59-81-86(75,76)82-60-65(71)61-83-87(77,78)84-63-66(85-69(74)57-54-51-48-45-42-37-24-21-18-15-12-9-6-3)62-80-68(73)56-53-50-47-44-41-38-35-26-23-20-17-14-11-8-5-2/h16,19,25,27,29-30,32-33,64-66,70-71H,4-15,17-18,20-24,26,28,31,34-63H2,1-3H3,(H,75,76)(H,77,78)/b19-16-,27-25-,30-29-,33-32-. The smallest absolute Gasteiger partial charge is 0.463 e. The molecular weight excluding hydrogens is 1150 g/mol. The van der Waals surface area contributed by atoms with E-state index in [2.05, 4.69) is 69.4 Å². The number of carbonyl (C=O) groups excluding carboxylic acids is 3. The van der Waals surface area contributed by atoms with Crippen LogP contribution in [-0.4, -0.2) is 95.9 Å². The van der Waals surface area contributed by atoms with Crippen molar-refractivity contribution in [2.45, 2.75) is 334 Å². The Morgan fingerprint density at radius 1 is 0.322 bits per heavy atom. The van der Waals surface area contributed by atoms with E-state index in [0.29, 0.717) is 19.3 Å². The van der Waals surface area contributed by atoms with E-state index in [4.69, 9.17) is 32.3 Å². The molecule has 5 unspecified atom stereocenters. The fourth-order valence-electron chi connectivity index (χ4n) is 9.67. The fourth-order valence-corrected chi connectivity index (χ4v) is 11.3. The number of rotatable bonds is 67. The molecule has 0 aliphatic carbocycles. The summed E-state index contributed by atoms with van der Waals surface area (Å²) in [6.45, 7) is 2.68. The van der Waals surface area contributed by atoms with Crippen molar-refractivity contribution in [2.75, 3.05) is 39.6 Å². The summed E-state index contributed by atoms with van der Waals surface area (Å²) in [5.74, 6) is -1.56. The van der Waals surface area contributed by atoms with Crippen LogP contribution in [0.5, 0.6) is 0 Å². The molecule has 0 aromatic heterocycles. The molecule has 0 saturated carbocycles. The van der Waals surface area contributed by atoms with Crippen LogP contribution in [0.4, 0.5) is 0 Å². The van der Waals surface area contributed by atoms with Crippen molar-refractivity contribution in [3.05, 3.63) is 48.6 Å². The summed E-state index contributed by atoms with van der Waals surface area (Å²) in [5.41, 5.74) is 0. The zero-order valence-corrected chi connectivity index (χ0v) is 57.0. The molecule has 510 valence electrons. The monoisotopic (exact) mass is 1270 g/mol. The Labute approximate surface area is 529 Å². The molecule has 87 heavy (non-hydrogen) atoms. The summed E-state index contributed by atoms with van der Waals surface area (Å²) in [7, 11) is -9.76. The average molecular weight is 1280 g/mol. The maximum atomic E-state index is 12.9. The zero-order chi connectivity index (χ0) is 63.8. The first kappa shape index (κ1) is 84.5. The predicted molar refractivity (Wildman–Crippen MR) is 353 cm³/mol. The number of unbranched alkanes of at least 4 members (excludes halogenated alkanes) is 36. The van der Waals surface area contributed by atoms with E-state index in [1.165, 1.54) is 148 Å². The number of ether oxygens (including phenoxy) is 3. The summed E-state index contributed by atoms with van der Waals surface area (Å²) < 4.78 is 60.9. The molecule has 0 aromatic carbocycles. The van der Waals surface area contributed by atoms with Gasteiger partial charge in [-0.3, -0.25) is 32.5 Å². The van der Waals surface area contributed by atoms with Gasteiger partial charge in [-0.1, -0.05) is 281 Å². The third kappa shape index (κ3) is 64.8. The van der Waals surface area contributed by atoms with Gasteiger partial charge in [-0.25, -0.2) is 9.13 Å². The van der Waals surface area contributed by atoms with Crippen molar-refractivity contribution in [3.8, 4) is 0 Å². The maximum Gasteiger partial charge on any atom is 0.472 e. The number of phosphoric acid groups is 2. The summed E-state index contributed by atoms with van der Waals surface area (Å²) in [5, 5.41) is 20.5. The first-order chi connectivity index (χ1) is 42.2. The first-order valence-corrected chi connectivity index (χ1v) is 37.9. The second kappa shape index (κ2) is 63.6. The summed E-state index contributed by atoms with van der Waals surface area (Å²) in [4.78, 5) is 58.3. The van der Waals surface area contributed by atoms with Crippen molar-refractivity contribution in [2.24, 2.45) is 0 Å². The van der Waals surface area contributed by atoms with Gasteiger partial charge in [0.2, 0.25) is 0 Å². The molecule has 0 aromatic rings. The van der Waals surface area contributed by atoms with Gasteiger partial charge in [-0.2, -0.15) is 0 Å². The second-order valence-corrected chi connectivity index (χ2v) is 26.6. The Morgan fingerprint density at radius 2 is 0.575 bits per heavy atom. The highest BCUT2D eigenvalue weighted by molar-refractivity contribution is 7.47. The Morgan fingerprint density at radius 3 is 0.931 bits per heavy atom. The lowest BCUT2D eigenvalue weighted by atomic mass is 10.0. The molecule has 0 fully saturated rings. The Balaban J connectivity index is 4.54. The van der Waals surface area contributed by atoms with Gasteiger partial charge in [0.15, 0.2) is 6.10 Å². The largest absolute Gasteiger partial charge is 0.472 e. The lowest BCUT2D eigenvalue weighted by Gasteiger charge is -2.21. The number of hydrogen-bond donors (Lipinski definition) is 4. The normalized spacial score (nSPS) is 14.5. The van der Waals surface area contributed by atoms with Crippen molar-refractivity contribution in [1.29, 1.82) is 0 Å². The van der Waals surface area contributed by atoms with E-state index in [1.807, 2.05) is 0 Å². The van der Waals surface area contributed by atoms with E-state index in [1.54, 1.807) is 0 Å². The van der Waals surface area contributed by atoms with E-state index >= 15 is 0 Å². The number of esters is 3. The molecule has 18 heteroatoms. The lowest BCUT2D eigenvalue weighted by molar-refractivity contribution is -0.161.